The van der Waals surface area contributed by atoms with E-state index in [2.05, 4.69) is 31.7 Å². The Morgan fingerprint density at radius 3 is 2.68 bits per heavy atom. The minimum Gasteiger partial charge on any atom is -0.323 e. The third kappa shape index (κ3) is 3.66. The zero-order valence-electron chi connectivity index (χ0n) is 14.1. The first-order chi connectivity index (χ1) is 13.6. The van der Waals surface area contributed by atoms with Crippen molar-refractivity contribution >= 4 is 28.7 Å². The van der Waals surface area contributed by atoms with Crippen molar-refractivity contribution in [2.75, 3.05) is 4.72 Å². The van der Waals surface area contributed by atoms with Crippen LogP contribution in [0.5, 0.6) is 0 Å². The third-order valence-electron chi connectivity index (χ3n) is 3.82. The van der Waals surface area contributed by atoms with Crippen molar-refractivity contribution in [3.05, 3.63) is 83.4 Å². The number of aromatic nitrogens is 3. The van der Waals surface area contributed by atoms with E-state index in [4.69, 9.17) is 0 Å². The van der Waals surface area contributed by atoms with E-state index in [0.29, 0.717) is 16.1 Å². The molecule has 0 fully saturated rings. The van der Waals surface area contributed by atoms with Gasteiger partial charge in [0.15, 0.2) is 11.5 Å². The number of aromatic amines is 1. The molecule has 0 radical (unpaired) electrons. The molecular weight excluding hydrogens is 385 g/mol. The zero-order valence-corrected chi connectivity index (χ0v) is 14.9. The number of rotatable bonds is 3. The number of benzene rings is 2. The smallest absolute Gasteiger partial charge is 0.165 e. The van der Waals surface area contributed by atoms with Crippen LogP contribution in [0.4, 0.5) is 18.9 Å². The van der Waals surface area contributed by atoms with Crippen molar-refractivity contribution in [3.63, 3.8) is 0 Å². The maximum atomic E-state index is 14.7. The Kier molecular flexibility index (Phi) is 4.91. The molecule has 4 nitrogen and oxygen atoms in total. The number of halogens is 3. The first-order valence-electron chi connectivity index (χ1n) is 8.08. The van der Waals surface area contributed by atoms with Crippen molar-refractivity contribution in [2.24, 2.45) is 0 Å². The molecule has 2 N–H and O–H groups in total. The van der Waals surface area contributed by atoms with E-state index < -0.39 is 17.5 Å². The summed E-state index contributed by atoms with van der Waals surface area (Å²) in [6.45, 7) is 0. The van der Waals surface area contributed by atoms with Crippen molar-refractivity contribution < 1.29 is 13.2 Å². The predicted molar refractivity (Wildman–Crippen MR) is 102 cm³/mol. The number of anilines is 1. The average Bonchev–Trinajstić information content (AvgIpc) is 3.16. The molecule has 4 aromatic rings. The molecule has 2 heterocycles. The topological polar surface area (TPSA) is 53.6 Å². The summed E-state index contributed by atoms with van der Waals surface area (Å²) in [6.07, 6.45) is 3.07. The second kappa shape index (κ2) is 7.66. The van der Waals surface area contributed by atoms with Gasteiger partial charge in [-0.25, -0.2) is 18.2 Å². The highest BCUT2D eigenvalue weighted by Crippen LogP contribution is 2.27. The largest absolute Gasteiger partial charge is 0.323 e. The van der Waals surface area contributed by atoms with Gasteiger partial charge in [-0.2, -0.15) is 5.10 Å². The molecule has 0 aliphatic carbocycles. The summed E-state index contributed by atoms with van der Waals surface area (Å²) >= 11 is 0.890. The standard InChI is InChI=1S/C20H11F3N4S/c21-15-7-8-17(27-28-18-4-2-1-3-16(18)22)19(23)14(15)6-5-12-9-13-11-25-26-20(13)24-10-12/h1-4,7-11,27H,(H,24,25,26). The molecule has 0 saturated heterocycles. The van der Waals surface area contributed by atoms with Crippen LogP contribution in [0.25, 0.3) is 11.0 Å². The van der Waals surface area contributed by atoms with Crippen LogP contribution >= 0.6 is 11.9 Å². The summed E-state index contributed by atoms with van der Waals surface area (Å²) in [5.41, 5.74) is 0.708. The highest BCUT2D eigenvalue weighted by molar-refractivity contribution is 8.00. The van der Waals surface area contributed by atoms with Crippen LogP contribution in [0, 0.1) is 29.3 Å². The van der Waals surface area contributed by atoms with Crippen LogP contribution in [0.15, 0.2) is 59.8 Å². The number of hydrogen-bond acceptors (Lipinski definition) is 4. The number of nitrogens with zero attached hydrogens (tertiary/aromatic N) is 2. The van der Waals surface area contributed by atoms with Crippen molar-refractivity contribution in [1.29, 1.82) is 0 Å². The molecule has 2 aromatic heterocycles. The van der Waals surface area contributed by atoms with Crippen molar-refractivity contribution in [3.8, 4) is 11.8 Å². The number of H-pyrrole nitrogens is 1. The summed E-state index contributed by atoms with van der Waals surface area (Å²) in [6, 6.07) is 10.1. The summed E-state index contributed by atoms with van der Waals surface area (Å²) in [7, 11) is 0. The number of fused-ring (bicyclic) bond motifs is 1. The van der Waals surface area contributed by atoms with Crippen LogP contribution < -0.4 is 4.72 Å². The molecule has 4 rings (SSSR count). The minimum absolute atomic E-state index is 0.00219. The average molecular weight is 396 g/mol. The van der Waals surface area contributed by atoms with E-state index in [1.807, 2.05) is 0 Å². The molecule has 0 aliphatic heterocycles. The third-order valence-corrected chi connectivity index (χ3v) is 4.69. The molecule has 138 valence electrons. The molecule has 0 unspecified atom stereocenters. The fourth-order valence-electron chi connectivity index (χ4n) is 2.42. The molecule has 0 atom stereocenters. The van der Waals surface area contributed by atoms with E-state index in [0.717, 1.165) is 23.4 Å². The quantitative estimate of drug-likeness (QED) is 0.382. The number of nitrogens with one attached hydrogen (secondary N) is 2. The summed E-state index contributed by atoms with van der Waals surface area (Å²) < 4.78 is 45.2. The lowest BCUT2D eigenvalue weighted by Gasteiger charge is -2.09. The van der Waals surface area contributed by atoms with Crippen LogP contribution in [-0.2, 0) is 0 Å². The van der Waals surface area contributed by atoms with E-state index in [-0.39, 0.29) is 11.3 Å². The number of hydrogen-bond donors (Lipinski definition) is 2. The maximum absolute atomic E-state index is 14.7. The van der Waals surface area contributed by atoms with E-state index in [9.17, 15) is 13.2 Å². The van der Waals surface area contributed by atoms with Crippen LogP contribution in [0.3, 0.4) is 0 Å². The molecule has 0 bridgehead atoms. The van der Waals surface area contributed by atoms with Crippen LogP contribution in [0.2, 0.25) is 0 Å². The van der Waals surface area contributed by atoms with Gasteiger partial charge in [0.05, 0.1) is 22.3 Å². The van der Waals surface area contributed by atoms with Gasteiger partial charge in [-0.3, -0.25) is 5.10 Å². The maximum Gasteiger partial charge on any atom is 0.165 e. The highest BCUT2D eigenvalue weighted by Gasteiger charge is 2.13. The van der Waals surface area contributed by atoms with Crippen LogP contribution in [-0.4, -0.2) is 15.2 Å². The second-order valence-corrected chi connectivity index (χ2v) is 6.55. The second-order valence-electron chi connectivity index (χ2n) is 5.70. The molecule has 2 aromatic carbocycles. The van der Waals surface area contributed by atoms with Gasteiger partial charge in [-0.1, -0.05) is 24.0 Å². The monoisotopic (exact) mass is 396 g/mol. The highest BCUT2D eigenvalue weighted by atomic mass is 32.2. The SMILES string of the molecule is Fc1ccccc1SNc1ccc(F)c(C#Cc2cnc3[nH]ncc3c2)c1F. The zero-order chi connectivity index (χ0) is 19.5. The molecule has 0 amide bonds. The van der Waals surface area contributed by atoms with E-state index >= 15 is 0 Å². The lowest BCUT2D eigenvalue weighted by molar-refractivity contribution is 0.580. The Morgan fingerprint density at radius 2 is 1.82 bits per heavy atom. The van der Waals surface area contributed by atoms with Gasteiger partial charge >= 0.3 is 0 Å². The lowest BCUT2D eigenvalue weighted by atomic mass is 10.1. The first kappa shape index (κ1) is 17.9. The summed E-state index contributed by atoms with van der Waals surface area (Å²) in [4.78, 5) is 4.42. The summed E-state index contributed by atoms with van der Waals surface area (Å²) in [5.74, 6) is 3.13. The molecule has 0 saturated carbocycles. The van der Waals surface area contributed by atoms with Crippen molar-refractivity contribution in [2.45, 2.75) is 4.90 Å². The van der Waals surface area contributed by atoms with Gasteiger partial charge in [0.1, 0.15) is 11.6 Å². The predicted octanol–water partition coefficient (Wildman–Crippen LogP) is 4.89. The van der Waals surface area contributed by atoms with Crippen molar-refractivity contribution in [1.82, 2.24) is 15.2 Å². The Balaban J connectivity index is 1.61. The molecule has 0 aliphatic rings. The van der Waals surface area contributed by atoms with Gasteiger partial charge in [-0.05, 0) is 42.3 Å². The van der Waals surface area contributed by atoms with Crippen LogP contribution in [0.1, 0.15) is 11.1 Å². The first-order valence-corrected chi connectivity index (χ1v) is 8.90. The van der Waals surface area contributed by atoms with Gasteiger partial charge in [0.2, 0.25) is 0 Å². The molecule has 0 spiro atoms. The van der Waals surface area contributed by atoms with Gasteiger partial charge in [-0.15, -0.1) is 0 Å². The normalized spacial score (nSPS) is 10.5. The Bertz CT molecular complexity index is 1230. The van der Waals surface area contributed by atoms with E-state index in [1.165, 1.54) is 18.3 Å². The Labute approximate surface area is 162 Å². The van der Waals surface area contributed by atoms with Gasteiger partial charge < -0.3 is 4.72 Å². The van der Waals surface area contributed by atoms with Gasteiger partial charge in [0.25, 0.3) is 0 Å². The molecular formula is C20H11F3N4S. The summed E-state index contributed by atoms with van der Waals surface area (Å²) in [5, 5.41) is 7.31. The van der Waals surface area contributed by atoms with Gasteiger partial charge in [0, 0.05) is 17.1 Å². The fourth-order valence-corrected chi connectivity index (χ4v) is 3.11. The lowest BCUT2D eigenvalue weighted by Crippen LogP contribution is -1.98. The Morgan fingerprint density at radius 1 is 0.964 bits per heavy atom. The molecule has 8 heteroatoms. The Hall–Kier alpha value is -3.44. The van der Waals surface area contributed by atoms with E-state index in [1.54, 1.807) is 30.5 Å². The number of pyridine rings is 1. The molecule has 28 heavy (non-hydrogen) atoms. The fraction of sp³-hybridized carbons (Fsp3) is 0. The minimum atomic E-state index is -0.853.